The molecule has 1 N–H and O–H groups in total. The first-order chi connectivity index (χ1) is 15.5. The molecule has 1 amide bonds. The van der Waals surface area contributed by atoms with Gasteiger partial charge in [-0.3, -0.25) is 14.6 Å². The Kier molecular flexibility index (Phi) is 5.39. The number of thiophene rings is 1. The van der Waals surface area contributed by atoms with E-state index in [4.69, 9.17) is 0 Å². The monoisotopic (exact) mass is 444 g/mol. The number of pyridine rings is 1. The number of aryl methyl sites for hydroxylation is 3. The Labute approximate surface area is 191 Å². The number of aliphatic hydroxyl groups excluding tert-OH is 1. The topological polar surface area (TPSA) is 70.5 Å². The molecule has 32 heavy (non-hydrogen) atoms. The molecule has 2 aromatic heterocycles. The summed E-state index contributed by atoms with van der Waals surface area (Å²) < 4.78 is 0. The summed E-state index contributed by atoms with van der Waals surface area (Å²) in [6.45, 7) is 2.22. The summed E-state index contributed by atoms with van der Waals surface area (Å²) in [5.74, 6) is -1.32. The van der Waals surface area contributed by atoms with E-state index in [9.17, 15) is 14.7 Å². The van der Waals surface area contributed by atoms with Crippen LogP contribution in [0.4, 0.5) is 0 Å². The third-order valence-electron chi connectivity index (χ3n) is 6.39. The molecule has 1 saturated heterocycles. The highest BCUT2D eigenvalue weighted by Gasteiger charge is 2.47. The smallest absolute Gasteiger partial charge is 0.295 e. The molecule has 1 unspecified atom stereocenters. The van der Waals surface area contributed by atoms with Crippen LogP contribution in [-0.4, -0.2) is 26.7 Å². The summed E-state index contributed by atoms with van der Waals surface area (Å²) in [4.78, 5) is 32.9. The van der Waals surface area contributed by atoms with Gasteiger partial charge >= 0.3 is 0 Å². The van der Waals surface area contributed by atoms with E-state index in [2.05, 4.69) is 4.98 Å². The molecule has 0 spiro atoms. The van der Waals surface area contributed by atoms with Crippen molar-refractivity contribution in [3.05, 3.63) is 92.4 Å². The van der Waals surface area contributed by atoms with Gasteiger partial charge in [-0.2, -0.15) is 0 Å². The number of amides is 1. The Bertz CT molecular complexity index is 1230. The molecule has 3 aromatic rings. The number of aromatic nitrogens is 1. The Morgan fingerprint density at radius 3 is 2.69 bits per heavy atom. The number of likely N-dealkylation sites (tertiary alicyclic amines) is 1. The summed E-state index contributed by atoms with van der Waals surface area (Å²) >= 11 is 1.50. The lowest BCUT2D eigenvalue weighted by Gasteiger charge is -2.25. The minimum absolute atomic E-state index is 0.0942. The van der Waals surface area contributed by atoms with Crippen molar-refractivity contribution < 1.29 is 14.7 Å². The molecule has 5 rings (SSSR count). The molecule has 162 valence electrons. The van der Waals surface area contributed by atoms with Crippen molar-refractivity contribution in [3.63, 3.8) is 0 Å². The maximum Gasteiger partial charge on any atom is 0.295 e. The van der Waals surface area contributed by atoms with Gasteiger partial charge in [0.1, 0.15) is 11.8 Å². The van der Waals surface area contributed by atoms with Crippen LogP contribution in [-0.2, 0) is 29.0 Å². The summed E-state index contributed by atoms with van der Waals surface area (Å²) in [6.07, 6.45) is 7.69. The van der Waals surface area contributed by atoms with Crippen LogP contribution in [0.15, 0.2) is 59.7 Å². The Hall–Kier alpha value is -3.25. The van der Waals surface area contributed by atoms with Crippen LogP contribution >= 0.6 is 11.3 Å². The van der Waals surface area contributed by atoms with Gasteiger partial charge in [-0.1, -0.05) is 18.2 Å². The zero-order valence-corrected chi connectivity index (χ0v) is 18.7. The zero-order valence-electron chi connectivity index (χ0n) is 17.9. The molecular formula is C26H24N2O3S. The second kappa shape index (κ2) is 8.36. The van der Waals surface area contributed by atoms with Crippen molar-refractivity contribution in [2.75, 3.05) is 0 Å². The molecule has 0 saturated carbocycles. The first-order valence-electron chi connectivity index (χ1n) is 10.9. The SMILES string of the molecule is Cc1ccsc1C1/C(=C(/O)c2ccc3c(c2)CCCC3)C(=O)C(=O)N1Cc1cccnc1. The third kappa shape index (κ3) is 3.54. The normalized spacial score (nSPS) is 19.9. The molecular weight excluding hydrogens is 420 g/mol. The fourth-order valence-corrected chi connectivity index (χ4v) is 5.75. The molecule has 1 atom stereocenters. The quantitative estimate of drug-likeness (QED) is 0.351. The van der Waals surface area contributed by atoms with Gasteiger partial charge in [0.05, 0.1) is 5.57 Å². The van der Waals surface area contributed by atoms with Gasteiger partial charge < -0.3 is 10.0 Å². The van der Waals surface area contributed by atoms with E-state index < -0.39 is 17.7 Å². The van der Waals surface area contributed by atoms with E-state index in [1.165, 1.54) is 28.9 Å². The van der Waals surface area contributed by atoms with Crippen LogP contribution in [0.1, 0.15) is 51.6 Å². The van der Waals surface area contributed by atoms with Crippen molar-refractivity contribution in [3.8, 4) is 0 Å². The molecule has 0 radical (unpaired) electrons. The van der Waals surface area contributed by atoms with Gasteiger partial charge in [0, 0.05) is 29.4 Å². The lowest BCUT2D eigenvalue weighted by molar-refractivity contribution is -0.140. The number of hydrogen-bond acceptors (Lipinski definition) is 5. The standard InChI is InChI=1S/C26H24N2O3S/c1-16-10-12-32-25(16)22-21(23(29)20-9-8-18-6-2-3-7-19(18)13-20)24(30)26(31)28(22)15-17-5-4-11-27-14-17/h4-5,8-14,22,29H,2-3,6-7,15H2,1H3/b23-21-. The summed E-state index contributed by atoms with van der Waals surface area (Å²) in [7, 11) is 0. The Morgan fingerprint density at radius 2 is 1.97 bits per heavy atom. The molecule has 5 nitrogen and oxygen atoms in total. The summed E-state index contributed by atoms with van der Waals surface area (Å²) in [5.41, 5.74) is 5.12. The van der Waals surface area contributed by atoms with Crippen molar-refractivity contribution in [1.82, 2.24) is 9.88 Å². The number of fused-ring (bicyclic) bond motifs is 1. The van der Waals surface area contributed by atoms with E-state index >= 15 is 0 Å². The molecule has 3 heterocycles. The predicted octanol–water partition coefficient (Wildman–Crippen LogP) is 4.95. The Morgan fingerprint density at radius 1 is 1.16 bits per heavy atom. The fraction of sp³-hybridized carbons (Fsp3) is 0.269. The number of Topliss-reactive ketones (excluding diaryl/α,β-unsaturated/α-hetero) is 1. The third-order valence-corrected chi connectivity index (χ3v) is 7.46. The van der Waals surface area contributed by atoms with Gasteiger partial charge in [0.15, 0.2) is 0 Å². The molecule has 0 bridgehead atoms. The van der Waals surface area contributed by atoms with Crippen molar-refractivity contribution in [2.45, 2.75) is 45.2 Å². The summed E-state index contributed by atoms with van der Waals surface area (Å²) in [6, 6.07) is 10.9. The van der Waals surface area contributed by atoms with Crippen molar-refractivity contribution in [2.24, 2.45) is 0 Å². The van der Waals surface area contributed by atoms with Gasteiger partial charge in [-0.05, 0) is 78.4 Å². The zero-order chi connectivity index (χ0) is 22.2. The van der Waals surface area contributed by atoms with Crippen LogP contribution in [0.3, 0.4) is 0 Å². The van der Waals surface area contributed by atoms with E-state index in [1.807, 2.05) is 48.7 Å². The highest BCUT2D eigenvalue weighted by atomic mass is 32.1. The van der Waals surface area contributed by atoms with Crippen LogP contribution in [0.5, 0.6) is 0 Å². The van der Waals surface area contributed by atoms with Gasteiger partial charge in [-0.25, -0.2) is 0 Å². The second-order valence-corrected chi connectivity index (χ2v) is 9.39. The van der Waals surface area contributed by atoms with Crippen LogP contribution in [0.2, 0.25) is 0 Å². The maximum absolute atomic E-state index is 13.2. The number of carbonyl (C=O) groups excluding carboxylic acids is 2. The number of nitrogens with zero attached hydrogens (tertiary/aromatic N) is 2. The van der Waals surface area contributed by atoms with Crippen LogP contribution < -0.4 is 0 Å². The van der Waals surface area contributed by atoms with Crippen molar-refractivity contribution in [1.29, 1.82) is 0 Å². The van der Waals surface area contributed by atoms with Crippen molar-refractivity contribution >= 4 is 28.8 Å². The highest BCUT2D eigenvalue weighted by molar-refractivity contribution is 7.10. The number of aliphatic hydroxyl groups is 1. The van der Waals surface area contributed by atoms with Gasteiger partial charge in [0.25, 0.3) is 11.7 Å². The average molecular weight is 445 g/mol. The van der Waals surface area contributed by atoms with Crippen LogP contribution in [0, 0.1) is 6.92 Å². The number of rotatable bonds is 4. The Balaban J connectivity index is 1.63. The molecule has 1 aromatic carbocycles. The lowest BCUT2D eigenvalue weighted by atomic mass is 9.89. The van der Waals surface area contributed by atoms with E-state index in [0.717, 1.165) is 35.3 Å². The molecule has 1 aliphatic heterocycles. The molecule has 2 aliphatic rings. The highest BCUT2D eigenvalue weighted by Crippen LogP contribution is 2.43. The molecule has 6 heteroatoms. The first kappa shape index (κ1) is 20.6. The molecule has 1 aliphatic carbocycles. The minimum Gasteiger partial charge on any atom is -0.507 e. The summed E-state index contributed by atoms with van der Waals surface area (Å²) in [5, 5.41) is 13.3. The largest absolute Gasteiger partial charge is 0.507 e. The molecule has 1 fully saturated rings. The maximum atomic E-state index is 13.2. The number of hydrogen-bond donors (Lipinski definition) is 1. The van der Waals surface area contributed by atoms with Gasteiger partial charge in [0.2, 0.25) is 0 Å². The predicted molar refractivity (Wildman–Crippen MR) is 124 cm³/mol. The minimum atomic E-state index is -0.637. The number of ketones is 1. The number of carbonyl (C=O) groups is 2. The van der Waals surface area contributed by atoms with E-state index in [-0.39, 0.29) is 17.9 Å². The number of benzene rings is 1. The second-order valence-electron chi connectivity index (χ2n) is 8.45. The lowest BCUT2D eigenvalue weighted by Crippen LogP contribution is -2.29. The first-order valence-corrected chi connectivity index (χ1v) is 11.8. The van der Waals surface area contributed by atoms with Gasteiger partial charge in [-0.15, -0.1) is 11.3 Å². The van der Waals surface area contributed by atoms with E-state index in [1.54, 1.807) is 17.3 Å². The van der Waals surface area contributed by atoms with E-state index in [0.29, 0.717) is 5.56 Å². The fourth-order valence-electron chi connectivity index (χ4n) is 4.70. The van der Waals surface area contributed by atoms with Crippen LogP contribution in [0.25, 0.3) is 5.76 Å². The average Bonchev–Trinajstić information content (AvgIpc) is 3.34.